The number of aromatic nitrogens is 2. The fourth-order valence-electron chi connectivity index (χ4n) is 2.70. The predicted octanol–water partition coefficient (Wildman–Crippen LogP) is 3.89. The van der Waals surface area contributed by atoms with E-state index in [1.165, 1.54) is 16.3 Å². The van der Waals surface area contributed by atoms with Crippen LogP contribution in [0.25, 0.3) is 10.9 Å². The number of amides is 1. The lowest BCUT2D eigenvalue weighted by Gasteiger charge is -2.16. The number of furan rings is 1. The Hall–Kier alpha value is -2.51. The second kappa shape index (κ2) is 8.67. The number of carbonyl (C=O) groups excluding carboxylic acids is 1. The number of allylic oxidation sites excluding steroid dienone is 1. The second-order valence-corrected chi connectivity index (χ2v) is 7.69. The van der Waals surface area contributed by atoms with Gasteiger partial charge in [0.05, 0.1) is 23.2 Å². The van der Waals surface area contributed by atoms with Crippen LogP contribution < -0.4 is 5.56 Å². The summed E-state index contributed by atoms with van der Waals surface area (Å²) in [5.74, 6) is 1.59. The standard InChI is InChI=1S/C20H20ClN3O3S/c1-4-9-24-19(26)16-10-14(21)6-8-17(16)22-20(24)28-12-18(25)23(3)11-15-7-5-13(2)27-15/h4-8,10H,1,9,11-12H2,2-3H3. The highest BCUT2D eigenvalue weighted by Gasteiger charge is 2.16. The molecule has 2 heterocycles. The Kier molecular flexibility index (Phi) is 6.26. The lowest BCUT2D eigenvalue weighted by Crippen LogP contribution is -2.28. The summed E-state index contributed by atoms with van der Waals surface area (Å²) in [7, 11) is 1.72. The molecule has 0 unspecified atom stereocenters. The maximum atomic E-state index is 12.8. The summed E-state index contributed by atoms with van der Waals surface area (Å²) >= 11 is 7.23. The molecular formula is C20H20ClN3O3S. The molecule has 0 aliphatic rings. The summed E-state index contributed by atoms with van der Waals surface area (Å²) in [5, 5.41) is 1.38. The Morgan fingerprint density at radius 3 is 2.86 bits per heavy atom. The summed E-state index contributed by atoms with van der Waals surface area (Å²) < 4.78 is 7.01. The molecule has 8 heteroatoms. The fraction of sp³-hybridized carbons (Fsp3) is 0.250. The van der Waals surface area contributed by atoms with E-state index in [-0.39, 0.29) is 17.2 Å². The minimum Gasteiger partial charge on any atom is -0.464 e. The minimum atomic E-state index is -0.207. The zero-order valence-electron chi connectivity index (χ0n) is 15.6. The van der Waals surface area contributed by atoms with Crippen LogP contribution in [0.4, 0.5) is 0 Å². The number of fused-ring (bicyclic) bond motifs is 1. The van der Waals surface area contributed by atoms with E-state index < -0.39 is 0 Å². The van der Waals surface area contributed by atoms with E-state index in [2.05, 4.69) is 11.6 Å². The van der Waals surface area contributed by atoms with Crippen LogP contribution in [0.3, 0.4) is 0 Å². The molecular weight excluding hydrogens is 398 g/mol. The summed E-state index contributed by atoms with van der Waals surface area (Å²) in [4.78, 5) is 31.4. The number of hydrogen-bond donors (Lipinski definition) is 0. The molecule has 2 aromatic heterocycles. The number of nitrogens with zero attached hydrogens (tertiary/aromatic N) is 3. The van der Waals surface area contributed by atoms with Crippen molar-refractivity contribution in [2.75, 3.05) is 12.8 Å². The largest absolute Gasteiger partial charge is 0.464 e. The monoisotopic (exact) mass is 417 g/mol. The average molecular weight is 418 g/mol. The molecule has 6 nitrogen and oxygen atoms in total. The van der Waals surface area contributed by atoms with Crippen LogP contribution in [-0.4, -0.2) is 33.2 Å². The van der Waals surface area contributed by atoms with Gasteiger partial charge in [-0.1, -0.05) is 29.4 Å². The van der Waals surface area contributed by atoms with Gasteiger partial charge in [-0.3, -0.25) is 14.2 Å². The molecule has 3 aromatic rings. The number of rotatable bonds is 7. The van der Waals surface area contributed by atoms with Crippen molar-refractivity contribution in [1.82, 2.24) is 14.5 Å². The zero-order valence-corrected chi connectivity index (χ0v) is 17.2. The van der Waals surface area contributed by atoms with Crippen molar-refractivity contribution >= 4 is 40.2 Å². The lowest BCUT2D eigenvalue weighted by molar-refractivity contribution is -0.127. The van der Waals surface area contributed by atoms with Gasteiger partial charge in [0.1, 0.15) is 11.5 Å². The molecule has 0 radical (unpaired) electrons. The Morgan fingerprint density at radius 2 is 2.18 bits per heavy atom. The number of aryl methyl sites for hydroxylation is 1. The van der Waals surface area contributed by atoms with Gasteiger partial charge in [-0.05, 0) is 37.3 Å². The maximum absolute atomic E-state index is 12.8. The molecule has 1 amide bonds. The number of hydrogen-bond acceptors (Lipinski definition) is 5. The molecule has 0 fully saturated rings. The Balaban J connectivity index is 1.80. The number of halogens is 1. The van der Waals surface area contributed by atoms with Crippen molar-refractivity contribution < 1.29 is 9.21 Å². The van der Waals surface area contributed by atoms with Crippen LogP contribution in [0.1, 0.15) is 11.5 Å². The van der Waals surface area contributed by atoms with Gasteiger partial charge in [0.2, 0.25) is 5.91 Å². The topological polar surface area (TPSA) is 68.3 Å². The van der Waals surface area contributed by atoms with Crippen LogP contribution in [0.5, 0.6) is 0 Å². The predicted molar refractivity (Wildman–Crippen MR) is 112 cm³/mol. The summed E-state index contributed by atoms with van der Waals surface area (Å²) in [6.07, 6.45) is 1.62. The molecule has 0 saturated heterocycles. The third-order valence-electron chi connectivity index (χ3n) is 4.13. The highest BCUT2D eigenvalue weighted by atomic mass is 35.5. The van der Waals surface area contributed by atoms with Gasteiger partial charge in [-0.15, -0.1) is 6.58 Å². The molecule has 0 bridgehead atoms. The normalized spacial score (nSPS) is 11.0. The summed E-state index contributed by atoms with van der Waals surface area (Å²) in [6, 6.07) is 8.71. The van der Waals surface area contributed by atoms with E-state index in [0.717, 1.165) is 11.5 Å². The molecule has 146 valence electrons. The first-order chi connectivity index (χ1) is 13.4. The van der Waals surface area contributed by atoms with Crippen molar-refractivity contribution in [3.8, 4) is 0 Å². The van der Waals surface area contributed by atoms with Crippen LogP contribution >= 0.6 is 23.4 Å². The number of carbonyl (C=O) groups is 1. The highest BCUT2D eigenvalue weighted by molar-refractivity contribution is 7.99. The van der Waals surface area contributed by atoms with Gasteiger partial charge in [-0.25, -0.2) is 4.98 Å². The van der Waals surface area contributed by atoms with E-state index in [1.54, 1.807) is 36.2 Å². The lowest BCUT2D eigenvalue weighted by atomic mass is 10.2. The minimum absolute atomic E-state index is 0.0883. The van der Waals surface area contributed by atoms with Crippen LogP contribution in [0, 0.1) is 6.92 Å². The molecule has 0 aliphatic heterocycles. The molecule has 0 atom stereocenters. The van der Waals surface area contributed by atoms with E-state index in [0.29, 0.717) is 34.2 Å². The zero-order chi connectivity index (χ0) is 20.3. The van der Waals surface area contributed by atoms with Gasteiger partial charge in [0.25, 0.3) is 5.56 Å². The Morgan fingerprint density at radius 1 is 1.39 bits per heavy atom. The second-order valence-electron chi connectivity index (χ2n) is 6.31. The van der Waals surface area contributed by atoms with Gasteiger partial charge in [0.15, 0.2) is 5.16 Å². The molecule has 0 aliphatic carbocycles. The number of thioether (sulfide) groups is 1. The first-order valence-electron chi connectivity index (χ1n) is 8.62. The van der Waals surface area contributed by atoms with Crippen LogP contribution in [0.15, 0.2) is 57.4 Å². The first-order valence-corrected chi connectivity index (χ1v) is 9.98. The quantitative estimate of drug-likeness (QED) is 0.331. The van der Waals surface area contributed by atoms with Gasteiger partial charge < -0.3 is 9.32 Å². The smallest absolute Gasteiger partial charge is 0.262 e. The van der Waals surface area contributed by atoms with Crippen molar-refractivity contribution in [2.45, 2.75) is 25.2 Å². The molecule has 0 N–H and O–H groups in total. The molecule has 1 aromatic carbocycles. The van der Waals surface area contributed by atoms with Gasteiger partial charge in [-0.2, -0.15) is 0 Å². The van der Waals surface area contributed by atoms with E-state index in [9.17, 15) is 9.59 Å². The molecule has 3 rings (SSSR count). The van der Waals surface area contributed by atoms with Crippen molar-refractivity contribution in [2.24, 2.45) is 0 Å². The Labute approximate surface area is 171 Å². The Bertz CT molecular complexity index is 1090. The maximum Gasteiger partial charge on any atom is 0.262 e. The van der Waals surface area contributed by atoms with Crippen molar-refractivity contribution in [3.63, 3.8) is 0 Å². The average Bonchev–Trinajstić information content (AvgIpc) is 3.07. The SMILES string of the molecule is C=CCn1c(SCC(=O)N(C)Cc2ccc(C)o2)nc2ccc(Cl)cc2c1=O. The molecule has 0 saturated carbocycles. The van der Waals surface area contributed by atoms with E-state index in [4.69, 9.17) is 16.0 Å². The molecule has 0 spiro atoms. The fourth-order valence-corrected chi connectivity index (χ4v) is 3.82. The van der Waals surface area contributed by atoms with E-state index >= 15 is 0 Å². The molecule has 28 heavy (non-hydrogen) atoms. The third-order valence-corrected chi connectivity index (χ3v) is 5.33. The van der Waals surface area contributed by atoms with Crippen LogP contribution in [0.2, 0.25) is 5.02 Å². The third kappa shape index (κ3) is 4.48. The van der Waals surface area contributed by atoms with Gasteiger partial charge >= 0.3 is 0 Å². The van der Waals surface area contributed by atoms with E-state index in [1.807, 2.05) is 19.1 Å². The van der Waals surface area contributed by atoms with Crippen LogP contribution in [-0.2, 0) is 17.9 Å². The highest BCUT2D eigenvalue weighted by Crippen LogP contribution is 2.21. The van der Waals surface area contributed by atoms with Gasteiger partial charge in [0, 0.05) is 18.6 Å². The number of benzene rings is 1. The van der Waals surface area contributed by atoms with Crippen molar-refractivity contribution in [3.05, 3.63) is 69.9 Å². The summed E-state index contributed by atoms with van der Waals surface area (Å²) in [5.41, 5.74) is 0.339. The summed E-state index contributed by atoms with van der Waals surface area (Å²) in [6.45, 7) is 6.24. The first kappa shape index (κ1) is 20.2. The van der Waals surface area contributed by atoms with Crippen molar-refractivity contribution in [1.29, 1.82) is 0 Å².